The molecule has 0 radical (unpaired) electrons. The second-order valence-corrected chi connectivity index (χ2v) is 6.96. The Morgan fingerprint density at radius 2 is 1.22 bits per heavy atom. The molecule has 1 aromatic heterocycles. The fourth-order valence-electron chi connectivity index (χ4n) is 1.38. The molecule has 0 fully saturated rings. The molecule has 13 nitrogen and oxygen atoms in total. The quantitative estimate of drug-likeness (QED) is 0.160. The van der Waals surface area contributed by atoms with Crippen LogP contribution in [0.15, 0.2) is 29.4 Å². The van der Waals surface area contributed by atoms with E-state index in [0.717, 1.165) is 36.5 Å². The molecule has 0 amide bonds. The van der Waals surface area contributed by atoms with Crippen molar-refractivity contribution >= 4 is 66.6 Å². The molecular weight excluding hydrogens is 594 g/mol. The summed E-state index contributed by atoms with van der Waals surface area (Å²) in [6.07, 6.45) is 2.99. The highest BCUT2D eigenvalue weighted by Crippen LogP contribution is 2.16. The van der Waals surface area contributed by atoms with E-state index in [1.807, 2.05) is 52.4 Å². The topological polar surface area (TPSA) is 301 Å². The minimum Gasteiger partial charge on any atom is -0.412 e. The molecule has 234 valence electrons. The van der Waals surface area contributed by atoms with Gasteiger partial charge in [0, 0.05) is 6.20 Å². The number of hydrogen-bond acceptors (Lipinski definition) is 11. The molecule has 0 aliphatic heterocycles. The van der Waals surface area contributed by atoms with Crippen LogP contribution in [0, 0.1) is 11.8 Å². The Morgan fingerprint density at radius 3 is 1.38 bits per heavy atom. The number of pyridine rings is 1. The number of aromatic nitrogens is 1. The molecule has 37 heavy (non-hydrogen) atoms. The third kappa shape index (κ3) is 133. The van der Waals surface area contributed by atoms with Gasteiger partial charge in [-0.15, -0.1) is 28.6 Å². The Labute approximate surface area is 244 Å². The van der Waals surface area contributed by atoms with E-state index in [-0.39, 0.29) is 51.2 Å². The Hall–Kier alpha value is -1.31. The van der Waals surface area contributed by atoms with Gasteiger partial charge < -0.3 is 64.0 Å². The molecule has 1 aromatic rings. The first-order chi connectivity index (χ1) is 14.5. The number of halogens is 1. The van der Waals surface area contributed by atoms with E-state index in [2.05, 4.69) is 61.9 Å². The minimum atomic E-state index is 0. The van der Waals surface area contributed by atoms with Gasteiger partial charge in [0.25, 0.3) is 0 Å². The number of hydrogen-bond donors (Lipinski definition) is 5. The lowest BCUT2D eigenvalue weighted by Crippen LogP contribution is -2.19. The number of nitrogens with zero attached hydrogens (tertiary/aromatic N) is 1. The number of carbonyl (C=O) groups is 4. The van der Waals surface area contributed by atoms with Gasteiger partial charge in [-0.05, 0) is 67.9 Å². The average molecular weight is 653 g/mol. The Bertz CT molecular complexity index is 391. The molecular formula is C21H58BrN5O8S2. The molecule has 16 heteroatoms. The lowest BCUT2D eigenvalue weighted by atomic mass is 10.2. The largest absolute Gasteiger partial charge is 0.412 e. The van der Waals surface area contributed by atoms with Crippen LogP contribution in [0.25, 0.3) is 0 Å². The lowest BCUT2D eigenvalue weighted by Gasteiger charge is -2.03. The number of nitrogens with one attached hydrogen (secondary N) is 2. The number of carbonyl (C=O) groups excluding carboxylic acids is 4. The van der Waals surface area contributed by atoms with Crippen molar-refractivity contribution in [1.29, 1.82) is 0 Å². The van der Waals surface area contributed by atoms with Crippen molar-refractivity contribution in [3.05, 3.63) is 24.4 Å². The SMILES string of the molecule is Br.C=O.C=O.C=O.C=O.CCCNCC(C)C.CNCC(C)C.N.N.O.O.O.O.SSc1ccccn1. The van der Waals surface area contributed by atoms with Crippen LogP contribution in [-0.2, 0) is 19.2 Å². The molecule has 0 aliphatic carbocycles. The molecule has 0 aromatic carbocycles. The predicted octanol–water partition coefficient (Wildman–Crippen LogP) is 1.39. The summed E-state index contributed by atoms with van der Waals surface area (Å²) in [6.45, 7) is 22.5. The van der Waals surface area contributed by atoms with E-state index in [1.54, 1.807) is 6.20 Å². The molecule has 0 atom stereocenters. The molecule has 0 unspecified atom stereocenters. The molecule has 0 bridgehead atoms. The highest BCUT2D eigenvalue weighted by molar-refractivity contribution is 8.93. The first-order valence-corrected chi connectivity index (χ1v) is 11.1. The van der Waals surface area contributed by atoms with Crippen LogP contribution in [0.1, 0.15) is 41.0 Å². The van der Waals surface area contributed by atoms with Crippen LogP contribution in [0.3, 0.4) is 0 Å². The van der Waals surface area contributed by atoms with Gasteiger partial charge in [0.2, 0.25) is 0 Å². The van der Waals surface area contributed by atoms with Crippen molar-refractivity contribution in [3.8, 4) is 0 Å². The van der Waals surface area contributed by atoms with Gasteiger partial charge in [-0.2, -0.15) is 0 Å². The van der Waals surface area contributed by atoms with Gasteiger partial charge in [0.15, 0.2) is 0 Å². The standard InChI is InChI=1S/C7H17N.C5H5NS2.C5H13N.4CH2O.BrH.2H3N.4H2O/c1-4-5-8-6-7(2)3;7-8-5-3-1-2-4-6-5;1-5(2)4-6-3;4*1-2;;;;;;;/h7-8H,4-6H2,1-3H3;1-4,7H;5-6H,4H2,1-3H3;4*1H2;1H;2*1H3;4*1H2. The summed E-state index contributed by atoms with van der Waals surface area (Å²) in [4.78, 5) is 36.0. The zero-order valence-electron chi connectivity index (χ0n) is 23.4. The lowest BCUT2D eigenvalue weighted by molar-refractivity contribution is -0.0987. The van der Waals surface area contributed by atoms with Crippen molar-refractivity contribution in [3.63, 3.8) is 0 Å². The molecule has 16 N–H and O–H groups in total. The van der Waals surface area contributed by atoms with Gasteiger partial charge in [0.1, 0.15) is 32.2 Å². The van der Waals surface area contributed by atoms with Gasteiger partial charge in [-0.3, -0.25) is 0 Å². The highest BCUT2D eigenvalue weighted by Gasteiger charge is 1.88. The Kier molecular flexibility index (Phi) is 229. The Morgan fingerprint density at radius 1 is 0.838 bits per heavy atom. The van der Waals surface area contributed by atoms with E-state index in [1.165, 1.54) is 17.2 Å². The van der Waals surface area contributed by atoms with E-state index < -0.39 is 0 Å². The van der Waals surface area contributed by atoms with Crippen molar-refractivity contribution in [2.45, 2.75) is 46.1 Å². The third-order valence-electron chi connectivity index (χ3n) is 2.32. The summed E-state index contributed by atoms with van der Waals surface area (Å²) in [7, 11) is 3.32. The third-order valence-corrected chi connectivity index (χ3v) is 3.31. The Balaban J connectivity index is -0.0000000173. The smallest absolute Gasteiger partial charge is 0.106 e. The second kappa shape index (κ2) is 102. The fourth-order valence-corrected chi connectivity index (χ4v) is 1.95. The van der Waals surface area contributed by atoms with E-state index >= 15 is 0 Å². The zero-order valence-corrected chi connectivity index (χ0v) is 26.8. The molecule has 1 rings (SSSR count). The average Bonchev–Trinajstić information content (AvgIpc) is 2.80. The summed E-state index contributed by atoms with van der Waals surface area (Å²) in [5, 5.41) is 7.34. The van der Waals surface area contributed by atoms with E-state index in [0.29, 0.717) is 0 Å². The van der Waals surface area contributed by atoms with Crippen LogP contribution in [0.5, 0.6) is 0 Å². The maximum absolute atomic E-state index is 8.00. The number of rotatable bonds is 7. The molecule has 0 spiro atoms. The summed E-state index contributed by atoms with van der Waals surface area (Å²) in [5.41, 5.74) is 0. The monoisotopic (exact) mass is 651 g/mol. The van der Waals surface area contributed by atoms with Crippen molar-refractivity contribution in [2.75, 3.05) is 26.7 Å². The van der Waals surface area contributed by atoms with Crippen LogP contribution >= 0.6 is 39.4 Å². The van der Waals surface area contributed by atoms with Crippen molar-refractivity contribution in [1.82, 2.24) is 27.9 Å². The van der Waals surface area contributed by atoms with Gasteiger partial charge in [-0.1, -0.05) is 40.7 Å². The first-order valence-electron chi connectivity index (χ1n) is 9.21. The zero-order chi connectivity index (χ0) is 25.2. The van der Waals surface area contributed by atoms with Crippen LogP contribution in [-0.4, -0.2) is 80.7 Å². The molecule has 0 saturated heterocycles. The minimum absolute atomic E-state index is 0. The second-order valence-electron chi connectivity index (χ2n) is 5.81. The molecule has 0 aliphatic rings. The summed E-state index contributed by atoms with van der Waals surface area (Å²) >= 11 is 3.96. The summed E-state index contributed by atoms with van der Waals surface area (Å²) < 4.78 is 0. The summed E-state index contributed by atoms with van der Waals surface area (Å²) in [6, 6.07) is 5.73. The van der Waals surface area contributed by atoms with E-state index in [9.17, 15) is 0 Å². The van der Waals surface area contributed by atoms with E-state index in [4.69, 9.17) is 19.2 Å². The normalized spacial score (nSPS) is 6.30. The maximum Gasteiger partial charge on any atom is 0.106 e. The van der Waals surface area contributed by atoms with Crippen LogP contribution in [0.2, 0.25) is 0 Å². The first kappa shape index (κ1) is 83.4. The maximum atomic E-state index is 8.00. The summed E-state index contributed by atoms with van der Waals surface area (Å²) in [5.74, 6) is 1.58. The highest BCUT2D eigenvalue weighted by atomic mass is 79.9. The van der Waals surface area contributed by atoms with Gasteiger partial charge in [-0.25, -0.2) is 4.98 Å². The van der Waals surface area contributed by atoms with Gasteiger partial charge >= 0.3 is 0 Å². The van der Waals surface area contributed by atoms with Crippen LogP contribution < -0.4 is 22.9 Å². The number of thiol groups is 1. The van der Waals surface area contributed by atoms with Crippen molar-refractivity contribution < 1.29 is 41.1 Å². The molecule has 1 heterocycles. The van der Waals surface area contributed by atoms with Gasteiger partial charge in [0.05, 0.1) is 0 Å². The van der Waals surface area contributed by atoms with Crippen molar-refractivity contribution in [2.24, 2.45) is 11.8 Å². The predicted molar refractivity (Wildman–Crippen MR) is 169 cm³/mol. The fraction of sp³-hybridized carbons (Fsp3) is 0.571. The van der Waals surface area contributed by atoms with Crippen LogP contribution in [0.4, 0.5) is 0 Å². The molecule has 0 saturated carbocycles.